The molecule has 2 saturated carbocycles. The summed E-state index contributed by atoms with van der Waals surface area (Å²) >= 11 is 0. The summed E-state index contributed by atoms with van der Waals surface area (Å²) in [7, 11) is 0. The van der Waals surface area contributed by atoms with Crippen LogP contribution < -0.4 is 5.32 Å². The number of ether oxygens (including phenoxy) is 1. The van der Waals surface area contributed by atoms with Crippen LogP contribution in [0.3, 0.4) is 0 Å². The van der Waals surface area contributed by atoms with Gasteiger partial charge in [0.15, 0.2) is 0 Å². The van der Waals surface area contributed by atoms with Gasteiger partial charge in [-0.1, -0.05) is 6.07 Å². The fraction of sp³-hybridized carbons (Fsp3) is 0.467. The predicted molar refractivity (Wildman–Crippen MR) is 69.8 cm³/mol. The van der Waals surface area contributed by atoms with Crippen molar-refractivity contribution in [3.8, 4) is 5.75 Å². The van der Waals surface area contributed by atoms with E-state index in [1.807, 2.05) is 0 Å². The van der Waals surface area contributed by atoms with Gasteiger partial charge in [-0.05, 0) is 30.9 Å². The van der Waals surface area contributed by atoms with Gasteiger partial charge in [0.2, 0.25) is 5.91 Å². The van der Waals surface area contributed by atoms with Gasteiger partial charge in [0.05, 0.1) is 11.8 Å². The molecule has 5 unspecified atom stereocenters. The van der Waals surface area contributed by atoms with E-state index in [0.717, 1.165) is 12.8 Å². The number of esters is 1. The number of fused-ring (bicyclic) bond motifs is 1. The van der Waals surface area contributed by atoms with Crippen LogP contribution in [0, 0.1) is 23.7 Å². The molecule has 2 bridgehead atoms. The van der Waals surface area contributed by atoms with E-state index in [2.05, 4.69) is 5.32 Å². The molecule has 104 valence electrons. The molecule has 20 heavy (non-hydrogen) atoms. The first kappa shape index (κ1) is 11.8. The van der Waals surface area contributed by atoms with Gasteiger partial charge in [-0.2, -0.15) is 0 Å². The van der Waals surface area contributed by atoms with Crippen molar-refractivity contribution >= 4 is 17.6 Å². The second-order valence-electron chi connectivity index (χ2n) is 5.96. The second kappa shape index (κ2) is 3.98. The highest BCUT2D eigenvalue weighted by Crippen LogP contribution is 2.57. The number of aromatic hydroxyl groups is 1. The Balaban J connectivity index is 1.56. The van der Waals surface area contributed by atoms with E-state index in [1.54, 1.807) is 18.2 Å². The molecule has 2 N–H and O–H groups in total. The van der Waals surface area contributed by atoms with Crippen LogP contribution in [0.15, 0.2) is 24.3 Å². The first-order valence-electron chi connectivity index (χ1n) is 6.94. The van der Waals surface area contributed by atoms with E-state index >= 15 is 0 Å². The van der Waals surface area contributed by atoms with Gasteiger partial charge in [-0.25, -0.2) is 0 Å². The lowest BCUT2D eigenvalue weighted by atomic mass is 9.79. The van der Waals surface area contributed by atoms with Gasteiger partial charge in [0.25, 0.3) is 0 Å². The highest BCUT2D eigenvalue weighted by molar-refractivity contribution is 5.97. The van der Waals surface area contributed by atoms with Gasteiger partial charge in [0, 0.05) is 17.7 Å². The Bertz CT molecular complexity index is 597. The second-order valence-corrected chi connectivity index (χ2v) is 5.96. The summed E-state index contributed by atoms with van der Waals surface area (Å²) in [6, 6.07) is 6.44. The SMILES string of the molecule is O=C(Nc1cccc(O)c1)C1C2CC3OC(=O)C1C3C2. The minimum absolute atomic E-state index is 0.0438. The van der Waals surface area contributed by atoms with Crippen LogP contribution in [0.1, 0.15) is 12.8 Å². The van der Waals surface area contributed by atoms with Crippen LogP contribution in [0.5, 0.6) is 5.75 Å². The summed E-state index contributed by atoms with van der Waals surface area (Å²) in [5.74, 6) is -0.312. The zero-order valence-electron chi connectivity index (χ0n) is 10.8. The molecule has 3 fully saturated rings. The molecular weight excluding hydrogens is 258 g/mol. The maximum absolute atomic E-state index is 12.4. The highest BCUT2D eigenvalue weighted by atomic mass is 16.6. The van der Waals surface area contributed by atoms with Crippen molar-refractivity contribution in [2.75, 3.05) is 5.32 Å². The van der Waals surface area contributed by atoms with Crippen molar-refractivity contribution in [2.45, 2.75) is 18.9 Å². The summed E-state index contributed by atoms with van der Waals surface area (Å²) in [5.41, 5.74) is 0.556. The molecule has 5 nitrogen and oxygen atoms in total. The van der Waals surface area contributed by atoms with Gasteiger partial charge in [-0.3, -0.25) is 9.59 Å². The molecule has 3 aliphatic rings. The van der Waals surface area contributed by atoms with Crippen LogP contribution >= 0.6 is 0 Å². The fourth-order valence-electron chi connectivity index (χ4n) is 4.17. The third kappa shape index (κ3) is 1.55. The summed E-state index contributed by atoms with van der Waals surface area (Å²) in [4.78, 5) is 24.3. The number of rotatable bonds is 2. The van der Waals surface area contributed by atoms with E-state index in [0.29, 0.717) is 5.69 Å². The molecule has 5 heteroatoms. The van der Waals surface area contributed by atoms with Gasteiger partial charge < -0.3 is 15.2 Å². The van der Waals surface area contributed by atoms with Crippen LogP contribution in [0.2, 0.25) is 0 Å². The molecule has 1 aliphatic heterocycles. The monoisotopic (exact) mass is 273 g/mol. The van der Waals surface area contributed by atoms with Crippen molar-refractivity contribution in [3.05, 3.63) is 24.3 Å². The number of phenolic OH excluding ortho intramolecular Hbond substituents is 1. The summed E-state index contributed by atoms with van der Waals surface area (Å²) in [6.07, 6.45) is 1.77. The van der Waals surface area contributed by atoms with Crippen molar-refractivity contribution in [2.24, 2.45) is 23.7 Å². The van der Waals surface area contributed by atoms with Gasteiger partial charge in [0.1, 0.15) is 11.9 Å². The Labute approximate surface area is 115 Å². The molecule has 4 rings (SSSR count). The smallest absolute Gasteiger partial charge is 0.310 e. The van der Waals surface area contributed by atoms with Crippen LogP contribution in [0.25, 0.3) is 0 Å². The minimum atomic E-state index is -0.284. The molecule has 5 atom stereocenters. The molecule has 0 radical (unpaired) electrons. The third-order valence-corrected chi connectivity index (χ3v) is 4.90. The lowest BCUT2D eigenvalue weighted by Gasteiger charge is -2.23. The van der Waals surface area contributed by atoms with E-state index in [9.17, 15) is 14.7 Å². The standard InChI is InChI=1S/C15H15NO4/c17-9-3-1-2-8(6-9)16-14(18)12-7-4-10-11(5-7)20-15(19)13(10)12/h1-3,6-7,10-13,17H,4-5H2,(H,16,18). The number of amides is 1. The molecule has 1 heterocycles. The number of carbonyl (C=O) groups excluding carboxylic acids is 2. The number of hydrogen-bond acceptors (Lipinski definition) is 4. The molecule has 1 amide bonds. The topological polar surface area (TPSA) is 75.6 Å². The van der Waals surface area contributed by atoms with E-state index in [-0.39, 0.29) is 47.4 Å². The maximum atomic E-state index is 12.4. The van der Waals surface area contributed by atoms with E-state index < -0.39 is 0 Å². The van der Waals surface area contributed by atoms with Gasteiger partial charge in [-0.15, -0.1) is 0 Å². The zero-order chi connectivity index (χ0) is 13.9. The normalized spacial score (nSPS) is 37.0. The number of phenols is 1. The molecule has 2 aliphatic carbocycles. The molecule has 1 aromatic rings. The lowest BCUT2D eigenvalue weighted by molar-refractivity contribution is -0.145. The van der Waals surface area contributed by atoms with Gasteiger partial charge >= 0.3 is 5.97 Å². The molecule has 1 saturated heterocycles. The highest BCUT2D eigenvalue weighted by Gasteiger charge is 2.63. The Kier molecular flexibility index (Phi) is 2.34. The third-order valence-electron chi connectivity index (χ3n) is 4.90. The van der Waals surface area contributed by atoms with Crippen molar-refractivity contribution < 1.29 is 19.4 Å². The number of anilines is 1. The quantitative estimate of drug-likeness (QED) is 0.801. The molecule has 0 aromatic heterocycles. The lowest BCUT2D eigenvalue weighted by Crippen LogP contribution is -2.35. The van der Waals surface area contributed by atoms with Crippen molar-refractivity contribution in [1.82, 2.24) is 0 Å². The predicted octanol–water partition coefficient (Wildman–Crippen LogP) is 1.53. The Morgan fingerprint density at radius 1 is 1.35 bits per heavy atom. The summed E-state index contributed by atoms with van der Waals surface area (Å²) < 4.78 is 5.33. The maximum Gasteiger partial charge on any atom is 0.310 e. The van der Waals surface area contributed by atoms with Crippen molar-refractivity contribution in [1.29, 1.82) is 0 Å². The van der Waals surface area contributed by atoms with Crippen LogP contribution in [-0.4, -0.2) is 23.1 Å². The first-order valence-corrected chi connectivity index (χ1v) is 6.94. The fourth-order valence-corrected chi connectivity index (χ4v) is 4.17. The van der Waals surface area contributed by atoms with Crippen molar-refractivity contribution in [3.63, 3.8) is 0 Å². The average molecular weight is 273 g/mol. The minimum Gasteiger partial charge on any atom is -0.508 e. The Morgan fingerprint density at radius 2 is 2.20 bits per heavy atom. The number of carbonyl (C=O) groups is 2. The van der Waals surface area contributed by atoms with E-state index in [1.165, 1.54) is 6.07 Å². The Hall–Kier alpha value is -2.04. The van der Waals surface area contributed by atoms with E-state index in [4.69, 9.17) is 4.74 Å². The zero-order valence-corrected chi connectivity index (χ0v) is 10.8. The number of nitrogens with one attached hydrogen (secondary N) is 1. The largest absolute Gasteiger partial charge is 0.508 e. The molecular formula is C15H15NO4. The number of benzene rings is 1. The number of hydrogen-bond donors (Lipinski definition) is 2. The summed E-state index contributed by atoms with van der Waals surface area (Å²) in [5, 5.41) is 12.2. The average Bonchev–Trinajstić information content (AvgIpc) is 2.99. The first-order chi connectivity index (χ1) is 9.63. The Morgan fingerprint density at radius 3 is 3.00 bits per heavy atom. The van der Waals surface area contributed by atoms with Crippen LogP contribution in [0.4, 0.5) is 5.69 Å². The molecule has 1 aromatic carbocycles. The van der Waals surface area contributed by atoms with Crippen LogP contribution in [-0.2, 0) is 14.3 Å². The molecule has 0 spiro atoms. The summed E-state index contributed by atoms with van der Waals surface area (Å²) in [6.45, 7) is 0.